The molecule has 4 nitrogen and oxygen atoms in total. The minimum absolute atomic E-state index is 0.446. The van der Waals surface area contributed by atoms with Crippen molar-refractivity contribution < 1.29 is 0 Å². The van der Waals surface area contributed by atoms with Crippen molar-refractivity contribution in [1.29, 1.82) is 5.26 Å². The Balaban J connectivity index is 1.82. The summed E-state index contributed by atoms with van der Waals surface area (Å²) >= 11 is 0. The number of rotatable bonds is 5. The topological polar surface area (TPSA) is 53.6 Å². The molecule has 1 N–H and O–H groups in total. The highest BCUT2D eigenvalue weighted by Crippen LogP contribution is 2.40. The highest BCUT2D eigenvalue weighted by Gasteiger charge is 2.45. The molecule has 1 aliphatic rings. The minimum atomic E-state index is -0.486. The number of hydrogen-bond acceptors (Lipinski definition) is 3. The molecule has 2 aromatic rings. The summed E-state index contributed by atoms with van der Waals surface area (Å²) in [4.78, 5) is 0. The van der Waals surface area contributed by atoms with Crippen LogP contribution >= 0.6 is 0 Å². The Labute approximate surface area is 119 Å². The molecule has 1 aliphatic carbocycles. The van der Waals surface area contributed by atoms with Crippen LogP contribution in [-0.4, -0.2) is 22.4 Å². The molecule has 0 spiro atoms. The zero-order chi connectivity index (χ0) is 14.0. The second-order valence-electron chi connectivity index (χ2n) is 5.40. The van der Waals surface area contributed by atoms with Crippen LogP contribution < -0.4 is 5.32 Å². The van der Waals surface area contributed by atoms with E-state index in [9.17, 15) is 5.26 Å². The van der Waals surface area contributed by atoms with Gasteiger partial charge in [0, 0.05) is 11.8 Å². The zero-order valence-electron chi connectivity index (χ0n) is 11.6. The van der Waals surface area contributed by atoms with E-state index in [1.54, 1.807) is 0 Å². The first-order valence-electron chi connectivity index (χ1n) is 6.95. The molecule has 20 heavy (non-hydrogen) atoms. The van der Waals surface area contributed by atoms with E-state index in [2.05, 4.69) is 28.6 Å². The van der Waals surface area contributed by atoms with Gasteiger partial charge in [0.15, 0.2) is 0 Å². The molecule has 4 heteroatoms. The van der Waals surface area contributed by atoms with Gasteiger partial charge in [-0.2, -0.15) is 10.4 Å². The maximum atomic E-state index is 9.52. The number of likely N-dealkylation sites (N-methyl/N-ethyl adjacent to an activating group) is 1. The van der Waals surface area contributed by atoms with Gasteiger partial charge in [-0.15, -0.1) is 0 Å². The Morgan fingerprint density at radius 2 is 2.10 bits per heavy atom. The monoisotopic (exact) mass is 266 g/mol. The highest BCUT2D eigenvalue weighted by molar-refractivity contribution is 5.61. The van der Waals surface area contributed by atoms with Crippen LogP contribution in [0.4, 0.5) is 0 Å². The van der Waals surface area contributed by atoms with E-state index in [1.807, 2.05) is 42.3 Å². The second-order valence-corrected chi connectivity index (χ2v) is 5.40. The Morgan fingerprint density at radius 1 is 1.35 bits per heavy atom. The van der Waals surface area contributed by atoms with Gasteiger partial charge < -0.3 is 5.32 Å². The third-order valence-corrected chi connectivity index (χ3v) is 4.07. The summed E-state index contributed by atoms with van der Waals surface area (Å²) < 4.78 is 1.88. The van der Waals surface area contributed by atoms with E-state index < -0.39 is 5.54 Å². The maximum absolute atomic E-state index is 9.52. The molecule has 0 aliphatic heterocycles. The van der Waals surface area contributed by atoms with Crippen LogP contribution in [0.1, 0.15) is 12.8 Å². The summed E-state index contributed by atoms with van der Waals surface area (Å²) in [7, 11) is 1.86. The Kier molecular flexibility index (Phi) is 3.29. The fourth-order valence-electron chi connectivity index (χ4n) is 2.66. The molecule has 102 valence electrons. The van der Waals surface area contributed by atoms with Crippen LogP contribution in [0.3, 0.4) is 0 Å². The van der Waals surface area contributed by atoms with Gasteiger partial charge in [0.2, 0.25) is 0 Å². The van der Waals surface area contributed by atoms with Crippen LogP contribution in [0.15, 0.2) is 42.7 Å². The molecule has 1 saturated carbocycles. The van der Waals surface area contributed by atoms with Crippen molar-refractivity contribution in [2.75, 3.05) is 7.05 Å². The SMILES string of the molecule is CNC(C#N)(Cn1cc(-c2ccccc2)cn1)C1CC1. The van der Waals surface area contributed by atoms with Crippen molar-refractivity contribution in [2.24, 2.45) is 5.92 Å². The number of nitrogens with one attached hydrogen (secondary N) is 1. The normalized spacial score (nSPS) is 17.4. The first-order chi connectivity index (χ1) is 9.77. The molecule has 0 bridgehead atoms. The molecule has 0 amide bonds. The molecule has 1 atom stereocenters. The Morgan fingerprint density at radius 3 is 2.70 bits per heavy atom. The molecule has 1 aromatic heterocycles. The number of hydrogen-bond donors (Lipinski definition) is 1. The number of nitriles is 1. The summed E-state index contributed by atoms with van der Waals surface area (Å²) in [5.41, 5.74) is 1.75. The lowest BCUT2D eigenvalue weighted by Crippen LogP contribution is -2.47. The standard InChI is InChI=1S/C16H18N4/c1-18-16(11-17,15-7-8-15)12-20-10-14(9-19-20)13-5-3-2-4-6-13/h2-6,9-10,15,18H,7-8,12H2,1H3. The van der Waals surface area contributed by atoms with Crippen LogP contribution in [0, 0.1) is 17.2 Å². The largest absolute Gasteiger partial charge is 0.301 e. The van der Waals surface area contributed by atoms with E-state index in [4.69, 9.17) is 0 Å². The molecule has 1 aromatic carbocycles. The molecular formula is C16H18N4. The van der Waals surface area contributed by atoms with E-state index in [0.717, 1.165) is 24.0 Å². The second kappa shape index (κ2) is 5.10. The third-order valence-electron chi connectivity index (χ3n) is 4.07. The van der Waals surface area contributed by atoms with Gasteiger partial charge in [-0.3, -0.25) is 4.68 Å². The summed E-state index contributed by atoms with van der Waals surface area (Å²) in [6, 6.07) is 12.6. The lowest BCUT2D eigenvalue weighted by Gasteiger charge is -2.25. The molecule has 1 heterocycles. The molecular weight excluding hydrogens is 248 g/mol. The summed E-state index contributed by atoms with van der Waals surface area (Å²) in [5.74, 6) is 0.446. The Hall–Kier alpha value is -2.12. The number of nitrogens with zero attached hydrogens (tertiary/aromatic N) is 3. The van der Waals surface area contributed by atoms with Gasteiger partial charge in [-0.1, -0.05) is 30.3 Å². The predicted molar refractivity (Wildman–Crippen MR) is 77.8 cm³/mol. The number of benzene rings is 1. The van der Waals surface area contributed by atoms with E-state index >= 15 is 0 Å². The van der Waals surface area contributed by atoms with Crippen LogP contribution in [0.25, 0.3) is 11.1 Å². The molecule has 1 fully saturated rings. The summed E-state index contributed by atoms with van der Waals surface area (Å²) in [5, 5.41) is 17.1. The lowest BCUT2D eigenvalue weighted by atomic mass is 9.95. The van der Waals surface area contributed by atoms with Gasteiger partial charge in [-0.25, -0.2) is 0 Å². The van der Waals surface area contributed by atoms with Gasteiger partial charge in [0.05, 0.1) is 18.8 Å². The zero-order valence-corrected chi connectivity index (χ0v) is 11.6. The van der Waals surface area contributed by atoms with Gasteiger partial charge in [-0.05, 0) is 31.4 Å². The first kappa shape index (κ1) is 12.9. The van der Waals surface area contributed by atoms with Gasteiger partial charge >= 0.3 is 0 Å². The Bertz CT molecular complexity index is 621. The lowest BCUT2D eigenvalue weighted by molar-refractivity contribution is 0.326. The van der Waals surface area contributed by atoms with Crippen molar-refractivity contribution in [2.45, 2.75) is 24.9 Å². The smallest absolute Gasteiger partial charge is 0.129 e. The summed E-state index contributed by atoms with van der Waals surface area (Å²) in [6.07, 6.45) is 6.13. The van der Waals surface area contributed by atoms with E-state index in [-0.39, 0.29) is 0 Å². The van der Waals surface area contributed by atoms with Crippen molar-refractivity contribution in [3.63, 3.8) is 0 Å². The van der Waals surface area contributed by atoms with Crippen LogP contribution in [-0.2, 0) is 6.54 Å². The highest BCUT2D eigenvalue weighted by atomic mass is 15.3. The predicted octanol–water partition coefficient (Wildman–Crippen LogP) is 2.44. The van der Waals surface area contributed by atoms with Crippen LogP contribution in [0.2, 0.25) is 0 Å². The molecule has 3 rings (SSSR count). The molecule has 0 saturated heterocycles. The van der Waals surface area contributed by atoms with Gasteiger partial charge in [0.25, 0.3) is 0 Å². The maximum Gasteiger partial charge on any atom is 0.129 e. The minimum Gasteiger partial charge on any atom is -0.301 e. The van der Waals surface area contributed by atoms with E-state index in [1.165, 1.54) is 0 Å². The quantitative estimate of drug-likeness (QED) is 0.904. The van der Waals surface area contributed by atoms with Crippen molar-refractivity contribution in [1.82, 2.24) is 15.1 Å². The molecule has 0 radical (unpaired) electrons. The average Bonchev–Trinajstić information content (AvgIpc) is 3.26. The summed E-state index contributed by atoms with van der Waals surface area (Å²) in [6.45, 7) is 0.595. The fourth-order valence-corrected chi connectivity index (χ4v) is 2.66. The third kappa shape index (κ3) is 2.33. The van der Waals surface area contributed by atoms with E-state index in [0.29, 0.717) is 12.5 Å². The van der Waals surface area contributed by atoms with Crippen molar-refractivity contribution >= 4 is 0 Å². The fraction of sp³-hybridized carbons (Fsp3) is 0.375. The van der Waals surface area contributed by atoms with Crippen molar-refractivity contribution in [3.05, 3.63) is 42.7 Å². The average molecular weight is 266 g/mol. The van der Waals surface area contributed by atoms with Gasteiger partial charge in [0.1, 0.15) is 5.54 Å². The number of aromatic nitrogens is 2. The first-order valence-corrected chi connectivity index (χ1v) is 6.95. The molecule has 1 unspecified atom stereocenters. The van der Waals surface area contributed by atoms with Crippen molar-refractivity contribution in [3.8, 4) is 17.2 Å². The van der Waals surface area contributed by atoms with Crippen LogP contribution in [0.5, 0.6) is 0 Å².